The molecule has 0 aliphatic heterocycles. The van der Waals surface area contributed by atoms with E-state index in [0.717, 1.165) is 16.5 Å². The number of carboxylic acids is 1. The summed E-state index contributed by atoms with van der Waals surface area (Å²) in [6, 6.07) is 5.73. The average Bonchev–Trinajstić information content (AvgIpc) is 2.79. The lowest BCUT2D eigenvalue weighted by Gasteiger charge is -2.09. The van der Waals surface area contributed by atoms with E-state index in [1.165, 1.54) is 10.9 Å². The monoisotopic (exact) mass is 271 g/mol. The predicted octanol–water partition coefficient (Wildman–Crippen LogP) is 1.28. The summed E-state index contributed by atoms with van der Waals surface area (Å²) in [7, 11) is 1.70. The zero-order chi connectivity index (χ0) is 14.4. The molecule has 102 valence electrons. The first kappa shape index (κ1) is 12.4. The Balaban J connectivity index is 2.53. The highest BCUT2D eigenvalue weighted by Crippen LogP contribution is 2.23. The van der Waals surface area contributed by atoms with Gasteiger partial charge in [0.05, 0.1) is 22.6 Å². The number of carbonyl (C=O) groups is 1. The van der Waals surface area contributed by atoms with E-state index in [1.807, 2.05) is 25.1 Å². The van der Waals surface area contributed by atoms with Crippen molar-refractivity contribution in [3.8, 4) is 0 Å². The van der Waals surface area contributed by atoms with Crippen LogP contribution in [-0.4, -0.2) is 25.4 Å². The SMILES string of the molecule is Cc1ccc2c(c1)c1c(cnn1CC(=O)O)c(=O)n2C. The molecule has 0 saturated carbocycles. The van der Waals surface area contributed by atoms with Crippen molar-refractivity contribution in [2.24, 2.45) is 7.05 Å². The van der Waals surface area contributed by atoms with Crippen LogP contribution in [0.5, 0.6) is 0 Å². The van der Waals surface area contributed by atoms with Crippen molar-refractivity contribution in [1.82, 2.24) is 14.3 Å². The highest BCUT2D eigenvalue weighted by Gasteiger charge is 2.15. The number of benzene rings is 1. The van der Waals surface area contributed by atoms with E-state index in [9.17, 15) is 9.59 Å². The number of nitrogens with zero attached hydrogens (tertiary/aromatic N) is 3. The number of pyridine rings is 1. The maximum absolute atomic E-state index is 12.3. The van der Waals surface area contributed by atoms with E-state index >= 15 is 0 Å². The van der Waals surface area contributed by atoms with E-state index < -0.39 is 5.97 Å². The molecule has 1 N–H and O–H groups in total. The van der Waals surface area contributed by atoms with Crippen LogP contribution in [0, 0.1) is 6.92 Å². The third-order valence-corrected chi connectivity index (χ3v) is 3.43. The van der Waals surface area contributed by atoms with Crippen LogP contribution in [0.3, 0.4) is 0 Å². The Morgan fingerprint density at radius 3 is 2.80 bits per heavy atom. The van der Waals surface area contributed by atoms with Gasteiger partial charge in [0.1, 0.15) is 6.54 Å². The predicted molar refractivity (Wildman–Crippen MR) is 74.9 cm³/mol. The van der Waals surface area contributed by atoms with Crippen molar-refractivity contribution in [2.75, 3.05) is 0 Å². The molecule has 2 aromatic heterocycles. The molecule has 20 heavy (non-hydrogen) atoms. The standard InChI is InChI=1S/C14H13N3O3/c1-8-3-4-11-9(5-8)13-10(14(20)16(11)2)6-15-17(13)7-12(18)19/h3-6H,7H2,1-2H3,(H,18,19). The summed E-state index contributed by atoms with van der Waals surface area (Å²) >= 11 is 0. The summed E-state index contributed by atoms with van der Waals surface area (Å²) in [5.74, 6) is -0.989. The number of fused-ring (bicyclic) bond motifs is 3. The molecule has 6 nitrogen and oxygen atoms in total. The molecule has 0 unspecified atom stereocenters. The summed E-state index contributed by atoms with van der Waals surface area (Å²) in [5, 5.41) is 14.3. The van der Waals surface area contributed by atoms with Crippen molar-refractivity contribution in [3.05, 3.63) is 40.3 Å². The number of hydrogen-bond acceptors (Lipinski definition) is 3. The molecule has 3 rings (SSSR count). The lowest BCUT2D eigenvalue weighted by Crippen LogP contribution is -2.18. The highest BCUT2D eigenvalue weighted by atomic mass is 16.4. The molecule has 0 saturated heterocycles. The van der Waals surface area contributed by atoms with Gasteiger partial charge in [0.25, 0.3) is 5.56 Å². The van der Waals surface area contributed by atoms with Gasteiger partial charge in [0.2, 0.25) is 0 Å². The minimum Gasteiger partial charge on any atom is -0.480 e. The van der Waals surface area contributed by atoms with Crippen molar-refractivity contribution < 1.29 is 9.90 Å². The van der Waals surface area contributed by atoms with Crippen LogP contribution in [0.2, 0.25) is 0 Å². The molecule has 0 aliphatic carbocycles. The maximum atomic E-state index is 12.3. The summed E-state index contributed by atoms with van der Waals surface area (Å²) in [5.41, 5.74) is 2.21. The van der Waals surface area contributed by atoms with Crippen LogP contribution in [0.15, 0.2) is 29.2 Å². The number of aryl methyl sites for hydroxylation is 2. The largest absolute Gasteiger partial charge is 0.480 e. The van der Waals surface area contributed by atoms with E-state index in [2.05, 4.69) is 5.10 Å². The summed E-state index contributed by atoms with van der Waals surface area (Å²) in [4.78, 5) is 23.2. The van der Waals surface area contributed by atoms with Gasteiger partial charge in [-0.1, -0.05) is 11.6 Å². The Morgan fingerprint density at radius 1 is 1.35 bits per heavy atom. The molecule has 3 aromatic rings. The molecule has 0 amide bonds. The third kappa shape index (κ3) is 1.69. The van der Waals surface area contributed by atoms with E-state index in [-0.39, 0.29) is 12.1 Å². The Morgan fingerprint density at radius 2 is 2.10 bits per heavy atom. The Hall–Kier alpha value is -2.63. The molecule has 0 spiro atoms. The molecule has 2 heterocycles. The number of hydrogen-bond donors (Lipinski definition) is 1. The van der Waals surface area contributed by atoms with Gasteiger partial charge in [-0.3, -0.25) is 14.3 Å². The van der Waals surface area contributed by atoms with E-state index in [0.29, 0.717) is 10.9 Å². The van der Waals surface area contributed by atoms with Gasteiger partial charge >= 0.3 is 5.97 Å². The molecular formula is C14H13N3O3. The van der Waals surface area contributed by atoms with Gasteiger partial charge in [-0.15, -0.1) is 0 Å². The molecule has 0 atom stereocenters. The molecular weight excluding hydrogens is 258 g/mol. The van der Waals surface area contributed by atoms with Gasteiger partial charge in [0, 0.05) is 12.4 Å². The van der Waals surface area contributed by atoms with Crippen molar-refractivity contribution in [1.29, 1.82) is 0 Å². The van der Waals surface area contributed by atoms with E-state index in [1.54, 1.807) is 11.6 Å². The second kappa shape index (κ2) is 4.19. The van der Waals surface area contributed by atoms with Gasteiger partial charge in [-0.25, -0.2) is 0 Å². The van der Waals surface area contributed by atoms with Crippen LogP contribution in [0.1, 0.15) is 5.56 Å². The second-order valence-electron chi connectivity index (χ2n) is 4.84. The maximum Gasteiger partial charge on any atom is 0.325 e. The normalized spacial score (nSPS) is 11.3. The number of carboxylic acid groups (broad SMARTS) is 1. The highest BCUT2D eigenvalue weighted by molar-refractivity contribution is 6.03. The summed E-state index contributed by atoms with van der Waals surface area (Å²) in [6.45, 7) is 1.69. The van der Waals surface area contributed by atoms with Gasteiger partial charge in [-0.2, -0.15) is 5.10 Å². The number of rotatable bonds is 2. The topological polar surface area (TPSA) is 77.1 Å². The van der Waals surface area contributed by atoms with Crippen molar-refractivity contribution in [2.45, 2.75) is 13.5 Å². The summed E-state index contributed by atoms with van der Waals surface area (Å²) < 4.78 is 2.92. The average molecular weight is 271 g/mol. The fourth-order valence-electron chi connectivity index (χ4n) is 2.50. The van der Waals surface area contributed by atoms with Crippen LogP contribution in [-0.2, 0) is 18.4 Å². The fourth-order valence-corrected chi connectivity index (χ4v) is 2.50. The molecule has 0 bridgehead atoms. The lowest BCUT2D eigenvalue weighted by atomic mass is 10.1. The zero-order valence-corrected chi connectivity index (χ0v) is 11.1. The first-order valence-electron chi connectivity index (χ1n) is 6.15. The third-order valence-electron chi connectivity index (χ3n) is 3.43. The van der Waals surface area contributed by atoms with Crippen molar-refractivity contribution >= 4 is 27.8 Å². The molecule has 1 aromatic carbocycles. The zero-order valence-electron chi connectivity index (χ0n) is 11.1. The quantitative estimate of drug-likeness (QED) is 0.761. The van der Waals surface area contributed by atoms with Gasteiger partial charge < -0.3 is 9.67 Å². The van der Waals surface area contributed by atoms with Crippen LogP contribution in [0.25, 0.3) is 21.8 Å². The van der Waals surface area contributed by atoms with Gasteiger partial charge in [0.15, 0.2) is 0 Å². The fraction of sp³-hybridized carbons (Fsp3) is 0.214. The van der Waals surface area contributed by atoms with Crippen LogP contribution < -0.4 is 5.56 Å². The first-order chi connectivity index (χ1) is 9.49. The Kier molecular flexibility index (Phi) is 2.60. The van der Waals surface area contributed by atoms with Gasteiger partial charge in [-0.05, 0) is 19.1 Å². The van der Waals surface area contributed by atoms with Crippen LogP contribution >= 0.6 is 0 Å². The first-order valence-corrected chi connectivity index (χ1v) is 6.15. The molecule has 0 radical (unpaired) electrons. The van der Waals surface area contributed by atoms with Crippen molar-refractivity contribution in [3.63, 3.8) is 0 Å². The Bertz CT molecular complexity index is 905. The second-order valence-corrected chi connectivity index (χ2v) is 4.84. The summed E-state index contributed by atoms with van der Waals surface area (Å²) in [6.07, 6.45) is 1.43. The lowest BCUT2D eigenvalue weighted by molar-refractivity contribution is -0.137. The molecule has 6 heteroatoms. The number of aliphatic carboxylic acids is 1. The van der Waals surface area contributed by atoms with E-state index in [4.69, 9.17) is 5.11 Å². The molecule has 0 fully saturated rings. The minimum atomic E-state index is -0.989. The molecule has 0 aliphatic rings. The smallest absolute Gasteiger partial charge is 0.325 e. The van der Waals surface area contributed by atoms with Crippen LogP contribution in [0.4, 0.5) is 0 Å². The minimum absolute atomic E-state index is 0.173. The number of aromatic nitrogens is 3. The Labute approximate surface area is 113 Å².